The van der Waals surface area contributed by atoms with Gasteiger partial charge in [-0.15, -0.1) is 0 Å². The summed E-state index contributed by atoms with van der Waals surface area (Å²) in [6.45, 7) is 4.17. The molecule has 106 valence electrons. The highest BCUT2D eigenvalue weighted by atomic mass is 35.5. The standard InChI is InChI=1S/C16H18Cl2N2/c1-10-6-7-11(2)12(8-10)9-15(20-19)16-13(17)4-3-5-14(16)18/h3-8,15,20H,9,19H2,1-2H3. The molecule has 1 unspecified atom stereocenters. The lowest BCUT2D eigenvalue weighted by molar-refractivity contribution is 0.551. The Morgan fingerprint density at radius 1 is 1.10 bits per heavy atom. The summed E-state index contributed by atoms with van der Waals surface area (Å²) >= 11 is 12.5. The van der Waals surface area contributed by atoms with Crippen molar-refractivity contribution >= 4 is 23.2 Å². The molecule has 0 aliphatic rings. The van der Waals surface area contributed by atoms with E-state index < -0.39 is 0 Å². The Kier molecular flexibility index (Phi) is 5.06. The Hall–Kier alpha value is -1.06. The largest absolute Gasteiger partial charge is 0.271 e. The molecule has 0 saturated heterocycles. The second-order valence-electron chi connectivity index (χ2n) is 4.99. The molecule has 0 aromatic heterocycles. The summed E-state index contributed by atoms with van der Waals surface area (Å²) in [6.07, 6.45) is 0.744. The molecule has 2 nitrogen and oxygen atoms in total. The van der Waals surface area contributed by atoms with Gasteiger partial charge >= 0.3 is 0 Å². The Labute approximate surface area is 129 Å². The van der Waals surface area contributed by atoms with Gasteiger partial charge in [0.05, 0.1) is 6.04 Å². The van der Waals surface area contributed by atoms with Crippen LogP contribution in [0.25, 0.3) is 0 Å². The van der Waals surface area contributed by atoms with Crippen LogP contribution in [-0.2, 0) is 6.42 Å². The van der Waals surface area contributed by atoms with Crippen LogP contribution >= 0.6 is 23.2 Å². The number of rotatable bonds is 4. The van der Waals surface area contributed by atoms with E-state index >= 15 is 0 Å². The van der Waals surface area contributed by atoms with Crippen LogP contribution in [-0.4, -0.2) is 0 Å². The van der Waals surface area contributed by atoms with Crippen molar-refractivity contribution in [3.8, 4) is 0 Å². The highest BCUT2D eigenvalue weighted by molar-refractivity contribution is 6.36. The van der Waals surface area contributed by atoms with Crippen LogP contribution < -0.4 is 11.3 Å². The van der Waals surface area contributed by atoms with Gasteiger partial charge in [0, 0.05) is 15.6 Å². The summed E-state index contributed by atoms with van der Waals surface area (Å²) in [5.74, 6) is 5.71. The maximum Gasteiger partial charge on any atom is 0.0529 e. The van der Waals surface area contributed by atoms with Crippen LogP contribution in [0.2, 0.25) is 10.0 Å². The molecule has 2 rings (SSSR count). The van der Waals surface area contributed by atoms with Gasteiger partial charge in [-0.05, 0) is 43.5 Å². The molecule has 3 N–H and O–H groups in total. The zero-order valence-electron chi connectivity index (χ0n) is 11.6. The number of halogens is 2. The van der Waals surface area contributed by atoms with Gasteiger partial charge < -0.3 is 0 Å². The summed E-state index contributed by atoms with van der Waals surface area (Å²) in [4.78, 5) is 0. The number of nitrogens with one attached hydrogen (secondary N) is 1. The fraction of sp³-hybridized carbons (Fsp3) is 0.250. The van der Waals surface area contributed by atoms with Crippen LogP contribution in [0.3, 0.4) is 0 Å². The molecule has 0 aliphatic heterocycles. The number of nitrogens with two attached hydrogens (primary N) is 1. The van der Waals surface area contributed by atoms with Crippen LogP contribution in [0.15, 0.2) is 36.4 Å². The van der Waals surface area contributed by atoms with Gasteiger partial charge in [0.1, 0.15) is 0 Å². The number of hydrogen-bond donors (Lipinski definition) is 2. The monoisotopic (exact) mass is 308 g/mol. The normalized spacial score (nSPS) is 12.4. The second kappa shape index (κ2) is 6.59. The lowest BCUT2D eigenvalue weighted by Crippen LogP contribution is -2.30. The van der Waals surface area contributed by atoms with Crippen molar-refractivity contribution in [1.29, 1.82) is 0 Å². The topological polar surface area (TPSA) is 38.0 Å². The van der Waals surface area contributed by atoms with Crippen molar-refractivity contribution < 1.29 is 0 Å². The first-order chi connectivity index (χ1) is 9.52. The third-order valence-electron chi connectivity index (χ3n) is 3.48. The Morgan fingerprint density at radius 2 is 1.75 bits per heavy atom. The molecule has 0 fully saturated rings. The zero-order valence-corrected chi connectivity index (χ0v) is 13.1. The molecule has 0 spiro atoms. The smallest absolute Gasteiger partial charge is 0.0529 e. The predicted molar refractivity (Wildman–Crippen MR) is 86.1 cm³/mol. The third-order valence-corrected chi connectivity index (χ3v) is 4.14. The van der Waals surface area contributed by atoms with Crippen molar-refractivity contribution in [3.05, 3.63) is 68.7 Å². The van der Waals surface area contributed by atoms with E-state index in [2.05, 4.69) is 37.5 Å². The van der Waals surface area contributed by atoms with Crippen LogP contribution in [0.5, 0.6) is 0 Å². The molecule has 0 aliphatic carbocycles. The van der Waals surface area contributed by atoms with E-state index in [4.69, 9.17) is 29.0 Å². The fourth-order valence-electron chi connectivity index (χ4n) is 2.33. The minimum atomic E-state index is -0.114. The summed E-state index contributed by atoms with van der Waals surface area (Å²) < 4.78 is 0. The van der Waals surface area contributed by atoms with Gasteiger partial charge in [-0.1, -0.05) is 53.0 Å². The van der Waals surface area contributed by atoms with E-state index in [-0.39, 0.29) is 6.04 Å². The molecule has 0 amide bonds. The first-order valence-corrected chi connectivity index (χ1v) is 7.24. The predicted octanol–water partition coefficient (Wildman–Crippen LogP) is 4.36. The average Bonchev–Trinajstić information content (AvgIpc) is 2.41. The SMILES string of the molecule is Cc1ccc(C)c(CC(NN)c2c(Cl)cccc2Cl)c1. The highest BCUT2D eigenvalue weighted by Crippen LogP contribution is 2.32. The van der Waals surface area contributed by atoms with E-state index in [0.29, 0.717) is 10.0 Å². The maximum atomic E-state index is 6.26. The molecule has 0 heterocycles. The first-order valence-electron chi connectivity index (χ1n) is 6.49. The molecular weight excluding hydrogens is 291 g/mol. The molecule has 0 radical (unpaired) electrons. The van der Waals surface area contributed by atoms with Gasteiger partial charge in [-0.2, -0.15) is 0 Å². The molecule has 20 heavy (non-hydrogen) atoms. The van der Waals surface area contributed by atoms with E-state index in [9.17, 15) is 0 Å². The zero-order chi connectivity index (χ0) is 14.7. The minimum absolute atomic E-state index is 0.114. The summed E-state index contributed by atoms with van der Waals surface area (Å²) in [6, 6.07) is 11.8. The van der Waals surface area contributed by atoms with Crippen molar-refractivity contribution in [2.45, 2.75) is 26.3 Å². The molecule has 2 aromatic rings. The number of aryl methyl sites for hydroxylation is 2. The molecular formula is C16H18Cl2N2. The van der Waals surface area contributed by atoms with Crippen LogP contribution in [0, 0.1) is 13.8 Å². The number of hydrogen-bond acceptors (Lipinski definition) is 2. The first kappa shape index (κ1) is 15.3. The highest BCUT2D eigenvalue weighted by Gasteiger charge is 2.18. The lowest BCUT2D eigenvalue weighted by Gasteiger charge is -2.20. The molecule has 0 saturated carbocycles. The van der Waals surface area contributed by atoms with Crippen molar-refractivity contribution in [2.75, 3.05) is 0 Å². The molecule has 4 heteroatoms. The van der Waals surface area contributed by atoms with E-state index in [1.165, 1.54) is 16.7 Å². The Balaban J connectivity index is 2.36. The van der Waals surface area contributed by atoms with Crippen molar-refractivity contribution in [2.24, 2.45) is 5.84 Å². The van der Waals surface area contributed by atoms with E-state index in [1.807, 2.05) is 18.2 Å². The number of benzene rings is 2. The van der Waals surface area contributed by atoms with Crippen molar-refractivity contribution in [3.63, 3.8) is 0 Å². The van der Waals surface area contributed by atoms with Gasteiger partial charge in [-0.25, -0.2) is 0 Å². The number of hydrazine groups is 1. The van der Waals surface area contributed by atoms with Gasteiger partial charge in [0.25, 0.3) is 0 Å². The third kappa shape index (κ3) is 3.33. The van der Waals surface area contributed by atoms with E-state index in [0.717, 1.165) is 12.0 Å². The second-order valence-corrected chi connectivity index (χ2v) is 5.80. The van der Waals surface area contributed by atoms with Crippen LogP contribution in [0.4, 0.5) is 0 Å². The van der Waals surface area contributed by atoms with Crippen molar-refractivity contribution in [1.82, 2.24) is 5.43 Å². The lowest BCUT2D eigenvalue weighted by atomic mass is 9.95. The van der Waals surface area contributed by atoms with Gasteiger partial charge in [-0.3, -0.25) is 11.3 Å². The average molecular weight is 309 g/mol. The molecule has 1 atom stereocenters. The summed E-state index contributed by atoms with van der Waals surface area (Å²) in [5.41, 5.74) is 7.38. The quantitative estimate of drug-likeness (QED) is 0.650. The van der Waals surface area contributed by atoms with E-state index in [1.54, 1.807) is 0 Å². The maximum absolute atomic E-state index is 6.26. The molecule has 0 bridgehead atoms. The Morgan fingerprint density at radius 3 is 2.35 bits per heavy atom. The summed E-state index contributed by atoms with van der Waals surface area (Å²) in [7, 11) is 0. The molecule has 2 aromatic carbocycles. The minimum Gasteiger partial charge on any atom is -0.271 e. The fourth-order valence-corrected chi connectivity index (χ4v) is 2.99. The summed E-state index contributed by atoms with van der Waals surface area (Å²) in [5, 5.41) is 1.26. The van der Waals surface area contributed by atoms with Gasteiger partial charge in [0.2, 0.25) is 0 Å². The van der Waals surface area contributed by atoms with Gasteiger partial charge in [0.15, 0.2) is 0 Å². The van der Waals surface area contributed by atoms with Crippen LogP contribution in [0.1, 0.15) is 28.3 Å². The Bertz CT molecular complexity index is 591.